The summed E-state index contributed by atoms with van der Waals surface area (Å²) < 4.78 is 0. The predicted octanol–water partition coefficient (Wildman–Crippen LogP) is 2.59. The van der Waals surface area contributed by atoms with Crippen LogP contribution in [0.1, 0.15) is 32.2 Å². The van der Waals surface area contributed by atoms with Gasteiger partial charge in [0.1, 0.15) is 34.7 Å². The number of hydrogen-bond donors (Lipinski definition) is 0. The van der Waals surface area contributed by atoms with E-state index in [9.17, 15) is 9.59 Å². The quantitative estimate of drug-likeness (QED) is 0.501. The highest BCUT2D eigenvalue weighted by Gasteiger charge is 2.15. The molecule has 7 nitrogen and oxygen atoms in total. The number of pyridine rings is 1. The molecule has 4 aromatic rings. The Kier molecular flexibility index (Phi) is 4.71. The molecule has 1 aromatic carbocycles. The molecule has 0 spiro atoms. The Bertz CT molecular complexity index is 1130. The van der Waals surface area contributed by atoms with Gasteiger partial charge in [0, 0.05) is 11.8 Å². The van der Waals surface area contributed by atoms with Gasteiger partial charge in [-0.05, 0) is 12.1 Å². The smallest absolute Gasteiger partial charge is 0.231 e. The van der Waals surface area contributed by atoms with Crippen LogP contribution in [0.5, 0.6) is 0 Å². The predicted molar refractivity (Wildman–Crippen MR) is 99.4 cm³/mol. The van der Waals surface area contributed by atoms with Crippen LogP contribution in [-0.4, -0.2) is 36.5 Å². The molecule has 0 bridgehead atoms. The molecule has 133 valence electrons. The lowest BCUT2D eigenvalue weighted by Gasteiger charge is -2.04. The molecule has 0 unspecified atom stereocenters. The van der Waals surface area contributed by atoms with Crippen LogP contribution in [0.2, 0.25) is 0 Å². The van der Waals surface area contributed by atoms with Crippen molar-refractivity contribution in [1.29, 1.82) is 0 Å². The van der Waals surface area contributed by atoms with E-state index in [0.29, 0.717) is 11.3 Å². The number of hydrogen-bond acceptors (Lipinski definition) is 7. The van der Waals surface area contributed by atoms with E-state index in [1.54, 1.807) is 42.5 Å². The highest BCUT2D eigenvalue weighted by atomic mass is 16.1. The summed E-state index contributed by atoms with van der Waals surface area (Å²) in [7, 11) is 0. The van der Waals surface area contributed by atoms with E-state index in [0.717, 1.165) is 0 Å². The molecular weight excluding hydrogens is 354 g/mol. The number of aromatic nitrogens is 5. The van der Waals surface area contributed by atoms with E-state index in [4.69, 9.17) is 0 Å². The number of ketones is 2. The molecule has 0 atom stereocenters. The van der Waals surface area contributed by atoms with Gasteiger partial charge in [-0.15, -0.1) is 0 Å². The molecule has 7 heteroatoms. The summed E-state index contributed by atoms with van der Waals surface area (Å²) in [5.74, 6) is -0.582. The Morgan fingerprint density at radius 3 is 2.25 bits per heavy atom. The van der Waals surface area contributed by atoms with Crippen molar-refractivity contribution in [2.45, 2.75) is 0 Å². The zero-order chi connectivity index (χ0) is 19.3. The minimum absolute atomic E-state index is 0.159. The number of carbonyl (C=O) groups is 2. The largest absolute Gasteiger partial charge is 0.287 e. The average molecular weight is 366 g/mol. The van der Waals surface area contributed by atoms with Crippen LogP contribution in [0.3, 0.4) is 0 Å². The van der Waals surface area contributed by atoms with Crippen molar-refractivity contribution in [3.05, 3.63) is 102 Å². The van der Waals surface area contributed by atoms with E-state index in [1.165, 1.54) is 24.8 Å². The maximum Gasteiger partial charge on any atom is 0.231 e. The van der Waals surface area contributed by atoms with Crippen LogP contribution in [0, 0.1) is 6.20 Å². The first-order chi connectivity index (χ1) is 13.7. The molecule has 0 saturated heterocycles. The molecule has 4 rings (SSSR count). The van der Waals surface area contributed by atoms with Crippen molar-refractivity contribution in [2.24, 2.45) is 0 Å². The second kappa shape index (κ2) is 7.63. The van der Waals surface area contributed by atoms with Crippen LogP contribution >= 0.6 is 0 Å². The molecule has 3 heterocycles. The molecule has 0 fully saturated rings. The Labute approximate surface area is 160 Å². The Morgan fingerprint density at radius 2 is 1.54 bits per heavy atom. The number of carbonyl (C=O) groups excluding carboxylic acids is 2. The van der Waals surface area contributed by atoms with E-state index in [1.807, 2.05) is 6.07 Å². The minimum Gasteiger partial charge on any atom is -0.287 e. The van der Waals surface area contributed by atoms with E-state index in [-0.39, 0.29) is 34.3 Å². The highest BCUT2D eigenvalue weighted by molar-refractivity contribution is 6.07. The van der Waals surface area contributed by atoms with Crippen LogP contribution in [0.25, 0.3) is 11.4 Å². The lowest BCUT2D eigenvalue weighted by atomic mass is 10.1. The zero-order valence-corrected chi connectivity index (χ0v) is 14.5. The first-order valence-electron chi connectivity index (χ1n) is 8.35. The summed E-state index contributed by atoms with van der Waals surface area (Å²) in [6.45, 7) is 0. The van der Waals surface area contributed by atoms with E-state index < -0.39 is 0 Å². The number of benzene rings is 1. The summed E-state index contributed by atoms with van der Waals surface area (Å²) in [5.41, 5.74) is 1.75. The highest BCUT2D eigenvalue weighted by Crippen LogP contribution is 2.15. The SMILES string of the molecule is O=C(c1ccccc1)c1cn[c]c(-c2cnc(C(=O)c3ccccn3)cn2)n1. The summed E-state index contributed by atoms with van der Waals surface area (Å²) in [6, 6.07) is 13.9. The van der Waals surface area contributed by atoms with E-state index >= 15 is 0 Å². The van der Waals surface area contributed by atoms with Crippen molar-refractivity contribution >= 4 is 11.6 Å². The lowest BCUT2D eigenvalue weighted by Crippen LogP contribution is -2.08. The average Bonchev–Trinajstić information content (AvgIpc) is 2.79. The second-order valence-electron chi connectivity index (χ2n) is 5.74. The molecule has 1 radical (unpaired) electrons. The number of nitrogens with zero attached hydrogens (tertiary/aromatic N) is 5. The Morgan fingerprint density at radius 1 is 0.714 bits per heavy atom. The summed E-state index contributed by atoms with van der Waals surface area (Å²) in [6.07, 6.45) is 8.32. The van der Waals surface area contributed by atoms with Crippen molar-refractivity contribution in [2.75, 3.05) is 0 Å². The van der Waals surface area contributed by atoms with Gasteiger partial charge in [-0.3, -0.25) is 19.6 Å². The van der Waals surface area contributed by atoms with Crippen LogP contribution in [0.4, 0.5) is 0 Å². The third kappa shape index (κ3) is 3.54. The minimum atomic E-state index is -0.331. The standard InChI is InChI=1S/C21H12N5O2/c27-20(14-6-2-1-3-7-14)19-11-22-10-17(26-19)16-12-25-18(13-24-16)21(28)15-8-4-5-9-23-15/h1-9,11-13H. The van der Waals surface area contributed by atoms with Crippen LogP contribution in [0.15, 0.2) is 73.3 Å². The molecule has 0 N–H and O–H groups in total. The van der Waals surface area contributed by atoms with Gasteiger partial charge < -0.3 is 0 Å². The Hall–Kier alpha value is -4.13. The van der Waals surface area contributed by atoms with E-state index in [2.05, 4.69) is 31.1 Å². The van der Waals surface area contributed by atoms with Crippen molar-refractivity contribution in [3.63, 3.8) is 0 Å². The lowest BCUT2D eigenvalue weighted by molar-refractivity contribution is 0.102. The van der Waals surface area contributed by atoms with Gasteiger partial charge in [-0.1, -0.05) is 36.4 Å². The molecule has 28 heavy (non-hydrogen) atoms. The summed E-state index contributed by atoms with van der Waals surface area (Å²) in [5, 5.41) is 0. The molecule has 0 aliphatic heterocycles. The molecule has 0 saturated carbocycles. The first kappa shape index (κ1) is 17.3. The molecular formula is C21H12N5O2. The number of rotatable bonds is 5. The monoisotopic (exact) mass is 366 g/mol. The van der Waals surface area contributed by atoms with Crippen molar-refractivity contribution in [1.82, 2.24) is 24.9 Å². The van der Waals surface area contributed by atoms with Gasteiger partial charge in [0.25, 0.3) is 0 Å². The fourth-order valence-electron chi connectivity index (χ4n) is 2.49. The Balaban J connectivity index is 1.60. The maximum atomic E-state index is 12.5. The van der Waals surface area contributed by atoms with Gasteiger partial charge in [-0.25, -0.2) is 15.0 Å². The molecule has 0 amide bonds. The van der Waals surface area contributed by atoms with Crippen LogP contribution in [-0.2, 0) is 0 Å². The molecule has 0 aliphatic carbocycles. The van der Waals surface area contributed by atoms with Crippen molar-refractivity contribution < 1.29 is 9.59 Å². The first-order valence-corrected chi connectivity index (χ1v) is 8.35. The summed E-state index contributed by atoms with van der Waals surface area (Å²) in [4.78, 5) is 45.5. The second-order valence-corrected chi connectivity index (χ2v) is 5.74. The maximum absolute atomic E-state index is 12.5. The fourth-order valence-corrected chi connectivity index (χ4v) is 2.49. The summed E-state index contributed by atoms with van der Waals surface area (Å²) >= 11 is 0. The normalized spacial score (nSPS) is 10.4. The zero-order valence-electron chi connectivity index (χ0n) is 14.5. The molecule has 0 aliphatic rings. The fraction of sp³-hybridized carbons (Fsp3) is 0. The van der Waals surface area contributed by atoms with Gasteiger partial charge in [0.15, 0.2) is 0 Å². The topological polar surface area (TPSA) is 98.6 Å². The van der Waals surface area contributed by atoms with Gasteiger partial charge >= 0.3 is 0 Å². The van der Waals surface area contributed by atoms with Crippen molar-refractivity contribution in [3.8, 4) is 11.4 Å². The van der Waals surface area contributed by atoms with Gasteiger partial charge in [0.05, 0.1) is 18.6 Å². The molecule has 3 aromatic heterocycles. The van der Waals surface area contributed by atoms with Gasteiger partial charge in [-0.2, -0.15) is 0 Å². The third-order valence-corrected chi connectivity index (χ3v) is 3.88. The van der Waals surface area contributed by atoms with Crippen LogP contribution < -0.4 is 0 Å². The third-order valence-electron chi connectivity index (χ3n) is 3.88. The van der Waals surface area contributed by atoms with Gasteiger partial charge in [0.2, 0.25) is 11.6 Å².